The number of esters is 2. The van der Waals surface area contributed by atoms with Crippen LogP contribution in [-0.4, -0.2) is 25.2 Å². The maximum Gasteiger partial charge on any atom is 0.330 e. The predicted molar refractivity (Wildman–Crippen MR) is 146 cm³/mol. The minimum absolute atomic E-state index is 0.133. The number of ether oxygens (including phenoxy) is 4. The SMILES string of the molecule is C=CC(=O)OC(COc1ccc2c(OCC(OC(=O)C=C)c3ccccc3)cccc2c1)c1ccccc1. The maximum absolute atomic E-state index is 11.9. The van der Waals surface area contributed by atoms with Crippen molar-refractivity contribution < 1.29 is 28.5 Å². The molecule has 0 radical (unpaired) electrons. The summed E-state index contributed by atoms with van der Waals surface area (Å²) in [4.78, 5) is 23.7. The normalized spacial score (nSPS) is 12.1. The van der Waals surface area contributed by atoms with Crippen LogP contribution in [0.3, 0.4) is 0 Å². The van der Waals surface area contributed by atoms with Gasteiger partial charge in [0.1, 0.15) is 24.7 Å². The summed E-state index contributed by atoms with van der Waals surface area (Å²) < 4.78 is 23.1. The van der Waals surface area contributed by atoms with Crippen LogP contribution in [-0.2, 0) is 19.1 Å². The van der Waals surface area contributed by atoms with Crippen LogP contribution in [0, 0.1) is 0 Å². The minimum atomic E-state index is -0.590. The summed E-state index contributed by atoms with van der Waals surface area (Å²) in [5, 5.41) is 1.78. The zero-order chi connectivity index (χ0) is 26.7. The molecular weight excluding hydrogens is 480 g/mol. The van der Waals surface area contributed by atoms with Crippen LogP contribution in [0.15, 0.2) is 122 Å². The van der Waals surface area contributed by atoms with Gasteiger partial charge in [-0.05, 0) is 40.8 Å². The highest BCUT2D eigenvalue weighted by Crippen LogP contribution is 2.31. The van der Waals surface area contributed by atoms with E-state index in [-0.39, 0.29) is 13.2 Å². The second-order valence-electron chi connectivity index (χ2n) is 8.34. The van der Waals surface area contributed by atoms with E-state index < -0.39 is 24.1 Å². The van der Waals surface area contributed by atoms with Gasteiger partial charge in [0.05, 0.1) is 0 Å². The summed E-state index contributed by atoms with van der Waals surface area (Å²) in [6.45, 7) is 7.22. The molecule has 0 aliphatic rings. The number of fused-ring (bicyclic) bond motifs is 1. The molecule has 6 nitrogen and oxygen atoms in total. The first-order valence-corrected chi connectivity index (χ1v) is 12.1. The predicted octanol–water partition coefficient (Wildman–Crippen LogP) is 6.54. The van der Waals surface area contributed by atoms with E-state index in [1.165, 1.54) is 0 Å². The van der Waals surface area contributed by atoms with Crippen LogP contribution < -0.4 is 9.47 Å². The van der Waals surface area contributed by atoms with Gasteiger partial charge in [0, 0.05) is 17.5 Å². The fourth-order valence-corrected chi connectivity index (χ4v) is 3.89. The summed E-state index contributed by atoms with van der Waals surface area (Å²) >= 11 is 0. The van der Waals surface area contributed by atoms with Crippen molar-refractivity contribution in [1.29, 1.82) is 0 Å². The summed E-state index contributed by atoms with van der Waals surface area (Å²) in [5.74, 6) is 0.226. The van der Waals surface area contributed by atoms with E-state index >= 15 is 0 Å². The number of carbonyl (C=O) groups excluding carboxylic acids is 2. The third-order valence-electron chi connectivity index (χ3n) is 5.80. The van der Waals surface area contributed by atoms with Crippen molar-refractivity contribution in [3.05, 3.63) is 133 Å². The van der Waals surface area contributed by atoms with Gasteiger partial charge in [0.15, 0.2) is 12.2 Å². The number of rotatable bonds is 12. The molecule has 4 aromatic carbocycles. The standard InChI is InChI=1S/C32H28O6/c1-3-31(33)37-29(23-12-7-5-8-13-23)21-35-26-18-19-27-25(20-26)16-11-17-28(27)36-22-30(38-32(34)4-2)24-14-9-6-10-15-24/h3-20,29-30H,1-2,21-22H2. The van der Waals surface area contributed by atoms with Crippen LogP contribution in [0.1, 0.15) is 23.3 Å². The molecule has 6 heteroatoms. The Hall–Kier alpha value is -4.84. The second-order valence-corrected chi connectivity index (χ2v) is 8.34. The van der Waals surface area contributed by atoms with Gasteiger partial charge in [0.2, 0.25) is 0 Å². The average Bonchev–Trinajstić information content (AvgIpc) is 2.97. The van der Waals surface area contributed by atoms with Crippen LogP contribution in [0.5, 0.6) is 11.5 Å². The Morgan fingerprint density at radius 1 is 0.658 bits per heavy atom. The minimum Gasteiger partial charge on any atom is -0.489 e. The van der Waals surface area contributed by atoms with Crippen molar-refractivity contribution in [2.45, 2.75) is 12.2 Å². The van der Waals surface area contributed by atoms with Crippen LogP contribution >= 0.6 is 0 Å². The summed E-state index contributed by atoms with van der Waals surface area (Å²) in [7, 11) is 0. The first-order valence-electron chi connectivity index (χ1n) is 12.1. The molecule has 38 heavy (non-hydrogen) atoms. The van der Waals surface area contributed by atoms with E-state index in [4.69, 9.17) is 18.9 Å². The van der Waals surface area contributed by atoms with Gasteiger partial charge in [-0.15, -0.1) is 0 Å². The first-order chi connectivity index (χ1) is 18.6. The molecule has 4 rings (SSSR count). The molecule has 0 bridgehead atoms. The van der Waals surface area contributed by atoms with Gasteiger partial charge >= 0.3 is 11.9 Å². The molecule has 0 fully saturated rings. The molecule has 0 aliphatic carbocycles. The molecule has 2 atom stereocenters. The summed E-state index contributed by atoms with van der Waals surface area (Å²) in [6.07, 6.45) is 1.09. The topological polar surface area (TPSA) is 71.1 Å². The monoisotopic (exact) mass is 508 g/mol. The molecule has 0 spiro atoms. The quantitative estimate of drug-likeness (QED) is 0.160. The van der Waals surface area contributed by atoms with E-state index in [1.54, 1.807) is 0 Å². The zero-order valence-corrected chi connectivity index (χ0v) is 20.8. The van der Waals surface area contributed by atoms with Crippen molar-refractivity contribution >= 4 is 22.7 Å². The first kappa shape index (κ1) is 26.2. The van der Waals surface area contributed by atoms with Gasteiger partial charge in [-0.25, -0.2) is 9.59 Å². The fourth-order valence-electron chi connectivity index (χ4n) is 3.89. The molecule has 0 saturated heterocycles. The smallest absolute Gasteiger partial charge is 0.330 e. The number of hydrogen-bond acceptors (Lipinski definition) is 6. The largest absolute Gasteiger partial charge is 0.489 e. The fraction of sp³-hybridized carbons (Fsp3) is 0.125. The van der Waals surface area contributed by atoms with Crippen molar-refractivity contribution in [2.24, 2.45) is 0 Å². The van der Waals surface area contributed by atoms with Gasteiger partial charge in [-0.3, -0.25) is 0 Å². The number of benzene rings is 4. The highest BCUT2D eigenvalue weighted by molar-refractivity contribution is 5.89. The molecule has 2 unspecified atom stereocenters. The molecular formula is C32H28O6. The van der Waals surface area contributed by atoms with E-state index in [9.17, 15) is 9.59 Å². The van der Waals surface area contributed by atoms with E-state index in [2.05, 4.69) is 13.2 Å². The summed E-state index contributed by atoms with van der Waals surface area (Å²) in [5.41, 5.74) is 1.65. The van der Waals surface area contributed by atoms with Crippen molar-refractivity contribution in [3.8, 4) is 11.5 Å². The van der Waals surface area contributed by atoms with Crippen molar-refractivity contribution in [2.75, 3.05) is 13.2 Å². The van der Waals surface area contributed by atoms with Crippen molar-refractivity contribution in [1.82, 2.24) is 0 Å². The van der Waals surface area contributed by atoms with Gasteiger partial charge in [-0.2, -0.15) is 0 Å². The Morgan fingerprint density at radius 3 is 1.76 bits per heavy atom. The average molecular weight is 509 g/mol. The molecule has 0 heterocycles. The Morgan fingerprint density at radius 2 is 1.21 bits per heavy atom. The van der Waals surface area contributed by atoms with Crippen LogP contribution in [0.2, 0.25) is 0 Å². The number of carbonyl (C=O) groups is 2. The van der Waals surface area contributed by atoms with E-state index in [0.717, 1.165) is 34.1 Å². The van der Waals surface area contributed by atoms with E-state index in [1.807, 2.05) is 97.1 Å². The lowest BCUT2D eigenvalue weighted by molar-refractivity contribution is -0.145. The number of hydrogen-bond donors (Lipinski definition) is 0. The maximum atomic E-state index is 11.9. The third-order valence-corrected chi connectivity index (χ3v) is 5.80. The Kier molecular flexibility index (Phi) is 8.92. The van der Waals surface area contributed by atoms with Gasteiger partial charge in [0.25, 0.3) is 0 Å². The molecule has 4 aromatic rings. The lowest BCUT2D eigenvalue weighted by Crippen LogP contribution is -2.17. The Balaban J connectivity index is 1.48. The van der Waals surface area contributed by atoms with Crippen molar-refractivity contribution in [3.63, 3.8) is 0 Å². The molecule has 0 amide bonds. The lowest BCUT2D eigenvalue weighted by Gasteiger charge is -2.20. The van der Waals surface area contributed by atoms with Gasteiger partial charge in [-0.1, -0.05) is 86.0 Å². The molecule has 192 valence electrons. The highest BCUT2D eigenvalue weighted by Gasteiger charge is 2.18. The third kappa shape index (κ3) is 6.89. The van der Waals surface area contributed by atoms with Gasteiger partial charge < -0.3 is 18.9 Å². The molecule has 0 N–H and O–H groups in total. The van der Waals surface area contributed by atoms with Crippen LogP contribution in [0.4, 0.5) is 0 Å². The van der Waals surface area contributed by atoms with E-state index in [0.29, 0.717) is 11.5 Å². The molecule has 0 aromatic heterocycles. The Bertz CT molecular complexity index is 1400. The zero-order valence-electron chi connectivity index (χ0n) is 20.8. The summed E-state index contributed by atoms with van der Waals surface area (Å²) in [6, 6.07) is 30.1. The molecule has 0 aliphatic heterocycles. The lowest BCUT2D eigenvalue weighted by atomic mass is 10.1. The Labute approximate surface area is 221 Å². The highest BCUT2D eigenvalue weighted by atomic mass is 16.6. The van der Waals surface area contributed by atoms with Crippen LogP contribution in [0.25, 0.3) is 10.8 Å². The molecule has 0 saturated carbocycles. The second kappa shape index (κ2) is 12.9.